The summed E-state index contributed by atoms with van der Waals surface area (Å²) in [5, 5.41) is 30.9. The number of fused-ring (bicyclic) bond motifs is 7. The zero-order valence-corrected chi connectivity index (χ0v) is 68.5. The number of rotatable bonds is 14. The number of Topliss-reactive ketones (excluding diaryl/α,β-unsaturated/α-hetero) is 7. The van der Waals surface area contributed by atoms with Crippen molar-refractivity contribution < 1.29 is 76.7 Å². The SMILES string of the molecule is CC.CNC1CC(=O)N2CCC(C(C)=O)N2C1=O.CNC1CCC2CCC(C(C)=O)N2C1=O.CNC1CCC2SC=C(C(C)=O)N2C1=O.CNC1CCC2SCC(C(C)=O)N2C1=O.CNC1CCN2CCC(C(C)=O)N2C1=O.CNC1CCN2CSC(C(C)=O)N2C1=O.CNN1CC(=O)N2CCC(C(C)=O)C2C1=O. The van der Waals surface area contributed by atoms with E-state index in [4.69, 9.17) is 0 Å². The number of thioether (sulfide) groups is 3. The molecule has 0 aromatic heterocycles. The van der Waals surface area contributed by atoms with E-state index in [1.165, 1.54) is 59.4 Å². The zero-order valence-electron chi connectivity index (χ0n) is 66.0. The molecule has 0 spiro atoms. The van der Waals surface area contributed by atoms with E-state index >= 15 is 0 Å². The summed E-state index contributed by atoms with van der Waals surface area (Å²) >= 11 is 4.83. The van der Waals surface area contributed by atoms with Crippen LogP contribution in [0.2, 0.25) is 0 Å². The summed E-state index contributed by atoms with van der Waals surface area (Å²) in [6.07, 6.45) is 11.2. The number of likely N-dealkylation sites (N-methyl/N-ethyl adjacent to an activating group) is 6. The van der Waals surface area contributed by atoms with Gasteiger partial charge in [0.2, 0.25) is 29.5 Å². The van der Waals surface area contributed by atoms with Crippen LogP contribution in [0.25, 0.3) is 0 Å². The van der Waals surface area contributed by atoms with E-state index in [0.29, 0.717) is 37.7 Å². The van der Waals surface area contributed by atoms with Crippen LogP contribution in [0, 0.1) is 5.92 Å². The molecule has 14 rings (SSSR count). The minimum atomic E-state index is -0.591. The van der Waals surface area contributed by atoms with Gasteiger partial charge in [-0.05, 0) is 167 Å². The third-order valence-electron chi connectivity index (χ3n) is 22.2. The topological polar surface area (TPSA) is 393 Å². The highest BCUT2D eigenvalue weighted by atomic mass is 32.2. The number of piperazine rings is 1. The predicted molar refractivity (Wildman–Crippen MR) is 410 cm³/mol. The lowest BCUT2D eigenvalue weighted by Gasteiger charge is -2.38. The molecule has 0 aromatic carbocycles. The number of nitrogens with one attached hydrogen (secondary N) is 7. The van der Waals surface area contributed by atoms with Crippen LogP contribution in [0.1, 0.15) is 152 Å². The largest absolute Gasteiger partial charge is 0.328 e. The van der Waals surface area contributed by atoms with Crippen molar-refractivity contribution in [3.8, 4) is 0 Å². The lowest BCUT2D eigenvalue weighted by Crippen LogP contribution is -2.62. The van der Waals surface area contributed by atoms with Gasteiger partial charge in [-0.25, -0.2) is 20.5 Å². The number of hydrogen-bond acceptors (Lipinski definition) is 28. The highest BCUT2D eigenvalue weighted by molar-refractivity contribution is 8.03. The second-order valence-electron chi connectivity index (χ2n) is 28.7. The number of hydrogen-bond donors (Lipinski definition) is 7. The third-order valence-corrected chi connectivity index (χ3v) is 26.0. The summed E-state index contributed by atoms with van der Waals surface area (Å²) in [6.45, 7) is 18.2. The molecule has 13 fully saturated rings. The smallest absolute Gasteiger partial charge is 0.260 e. The molecule has 0 aliphatic carbocycles. The Bertz CT molecular complexity index is 3130. The van der Waals surface area contributed by atoms with Gasteiger partial charge in [0, 0.05) is 69.8 Å². The molecular weight excluding hydrogens is 1470 g/mol. The van der Waals surface area contributed by atoms with Crippen LogP contribution in [0.15, 0.2) is 11.1 Å². The van der Waals surface area contributed by atoms with Crippen LogP contribution in [-0.2, 0) is 76.7 Å². The van der Waals surface area contributed by atoms with Crippen LogP contribution in [0.3, 0.4) is 0 Å². The van der Waals surface area contributed by atoms with E-state index in [1.54, 1.807) is 106 Å². The van der Waals surface area contributed by atoms with E-state index in [1.807, 2.05) is 41.2 Å². The number of nitrogens with zero attached hydrogens (tertiary/aromatic N) is 11. The van der Waals surface area contributed by atoms with Crippen molar-refractivity contribution in [2.45, 2.75) is 241 Å². The highest BCUT2D eigenvalue weighted by Crippen LogP contribution is 2.40. The molecule has 16 unspecified atom stereocenters. The standard InChI is InChI=1S/C11H18N2O2.2C10H15N3O3.C10H17N3O2.C10H16N2O2S.C10H14N2O2S.C9H15N3O2S.C2H6/c1-7(14)10-6-4-8-3-5-9(12-2)11(15)13(8)10;1-6(14)8-3-4-12-9(15)5-7(11-2)10(16)13(8)12;1-6(14)7-3-4-12-8(15)5-13(11-2)10(16)9(7)12;1-7(14)9-4-6-12-5-3-8(11-2)10(15)13(9)12;2*1-6(13)8-5-15-9-4-3-7(11-2)10(14)12(8)9;1-6(13)9-12-8(14)7(10-2)3-4-11(12)5-15-9;1-2/h8-10,12H,3-6H2,1-2H3;7-8,11H,3-5H2,1-2H3;7,9,11H,3-5H2,1-2H3;8-9,11H,3-6H2,1-2H3;7-9,11H,3-5H2,1-2H3;5,7,9,11H,3-4H2,1-2H3;7,9-10H,3-5H2,1-2H3;1-2H3. The average Bonchev–Trinajstić information content (AvgIpc) is 1.66. The highest BCUT2D eigenvalue weighted by Gasteiger charge is 2.52. The van der Waals surface area contributed by atoms with Crippen molar-refractivity contribution in [3.63, 3.8) is 0 Å². The Balaban J connectivity index is 0.000000176. The maximum absolute atomic E-state index is 12.1. The van der Waals surface area contributed by atoms with Gasteiger partial charge in [0.1, 0.15) is 36.5 Å². The summed E-state index contributed by atoms with van der Waals surface area (Å²) in [4.78, 5) is 194. The van der Waals surface area contributed by atoms with Crippen LogP contribution < -0.4 is 37.3 Å². The van der Waals surface area contributed by atoms with Gasteiger partial charge in [0.25, 0.3) is 23.6 Å². The number of ketones is 7. The zero-order chi connectivity index (χ0) is 80.7. The number of amides is 9. The fourth-order valence-corrected chi connectivity index (χ4v) is 20.1. The number of hydrazine groups is 4. The second kappa shape index (κ2) is 40.7. The van der Waals surface area contributed by atoms with Crippen molar-refractivity contribution in [2.24, 2.45) is 5.92 Å². The summed E-state index contributed by atoms with van der Waals surface area (Å²) in [6, 6.07) is -2.39. The fourth-order valence-electron chi connectivity index (χ4n) is 16.2. The van der Waals surface area contributed by atoms with Gasteiger partial charge < -0.3 is 46.6 Å². The molecule has 0 aromatic rings. The number of allylic oxidation sites excluding steroid dienone is 1. The van der Waals surface area contributed by atoms with E-state index in [0.717, 1.165) is 102 Å². The number of piperidine rings is 3. The van der Waals surface area contributed by atoms with Crippen LogP contribution in [0.4, 0.5) is 0 Å². The molecule has 13 saturated heterocycles. The molecule has 0 saturated carbocycles. The number of carbonyl (C=O) groups is 16. The molecule has 0 radical (unpaired) electrons. The molecule has 14 heterocycles. The maximum atomic E-state index is 12.1. The first-order chi connectivity index (χ1) is 51.9. The van der Waals surface area contributed by atoms with Crippen LogP contribution in [-0.4, -0.2) is 337 Å². The molecule has 7 N–H and O–H groups in total. The Kier molecular flexibility index (Phi) is 33.4. The Morgan fingerprint density at radius 3 is 1.44 bits per heavy atom. The minimum absolute atomic E-state index is 0.0217. The molecule has 14 aliphatic rings. The van der Waals surface area contributed by atoms with Gasteiger partial charge in [-0.1, -0.05) is 13.8 Å². The van der Waals surface area contributed by atoms with Gasteiger partial charge in [-0.15, -0.1) is 35.3 Å². The maximum Gasteiger partial charge on any atom is 0.260 e. The van der Waals surface area contributed by atoms with Gasteiger partial charge >= 0.3 is 0 Å². The average molecular weight is 1590 g/mol. The first kappa shape index (κ1) is 89.6. The second-order valence-corrected chi connectivity index (χ2v) is 32.0. The molecule has 109 heavy (non-hydrogen) atoms. The Labute approximate surface area is 652 Å². The van der Waals surface area contributed by atoms with Crippen LogP contribution in [0.5, 0.6) is 0 Å². The summed E-state index contributed by atoms with van der Waals surface area (Å²) in [5.41, 5.74) is 3.23. The summed E-state index contributed by atoms with van der Waals surface area (Å²) in [7, 11) is 12.2. The van der Waals surface area contributed by atoms with Crippen molar-refractivity contribution in [1.29, 1.82) is 0 Å². The van der Waals surface area contributed by atoms with Crippen molar-refractivity contribution >= 4 is 129 Å². The van der Waals surface area contributed by atoms with E-state index in [9.17, 15) is 76.7 Å². The quantitative estimate of drug-likeness (QED) is 0.109. The Hall–Kier alpha value is -6.65. The molecule has 14 aliphatic heterocycles. The molecule has 34 nitrogen and oxygen atoms in total. The first-order valence-corrected chi connectivity index (χ1v) is 41.1. The third kappa shape index (κ3) is 20.1. The molecule has 16 atom stereocenters. The van der Waals surface area contributed by atoms with Crippen molar-refractivity contribution in [2.75, 3.05) is 100 Å². The van der Waals surface area contributed by atoms with E-state index in [2.05, 4.69) is 37.3 Å². The normalized spacial score (nSPS) is 31.4. The number of carbonyl (C=O) groups excluding carboxylic acids is 16. The molecule has 0 bridgehead atoms. The molecule has 608 valence electrons. The summed E-state index contributed by atoms with van der Waals surface area (Å²) < 4.78 is 0. The fraction of sp³-hybridized carbons (Fsp3) is 0.750. The predicted octanol–water partition coefficient (Wildman–Crippen LogP) is -1.02. The van der Waals surface area contributed by atoms with Gasteiger partial charge in [-0.2, -0.15) is 0 Å². The lowest BCUT2D eigenvalue weighted by molar-refractivity contribution is -0.171. The minimum Gasteiger partial charge on any atom is -0.328 e. The van der Waals surface area contributed by atoms with Gasteiger partial charge in [0.15, 0.2) is 40.1 Å². The van der Waals surface area contributed by atoms with Gasteiger partial charge in [0.05, 0.1) is 71.0 Å². The lowest BCUT2D eigenvalue weighted by atomic mass is 9.94. The Morgan fingerprint density at radius 1 is 0.413 bits per heavy atom. The monoisotopic (exact) mass is 1580 g/mol. The van der Waals surface area contributed by atoms with Crippen molar-refractivity contribution in [3.05, 3.63) is 11.1 Å². The first-order valence-electron chi connectivity index (χ1n) is 38.1. The van der Waals surface area contributed by atoms with Gasteiger partial charge in [-0.3, -0.25) is 102 Å². The van der Waals surface area contributed by atoms with Crippen molar-refractivity contribution in [1.82, 2.24) is 92.0 Å². The van der Waals surface area contributed by atoms with E-state index in [-0.39, 0.29) is 177 Å². The molecule has 37 heteroatoms. The summed E-state index contributed by atoms with van der Waals surface area (Å²) in [5.74, 6) is 1.17. The molecule has 9 amide bonds. The van der Waals surface area contributed by atoms with Crippen LogP contribution >= 0.6 is 35.3 Å². The molecular formula is C72H116N18O16S3. The Morgan fingerprint density at radius 2 is 0.899 bits per heavy atom. The van der Waals surface area contributed by atoms with E-state index < -0.39 is 18.1 Å².